The molecule has 25 heavy (non-hydrogen) atoms. The van der Waals surface area contributed by atoms with Crippen LogP contribution in [0, 0.1) is 0 Å². The van der Waals surface area contributed by atoms with Crippen LogP contribution >= 0.6 is 11.8 Å². The van der Waals surface area contributed by atoms with Crippen LogP contribution in [-0.2, 0) is 22.3 Å². The molecule has 0 aliphatic heterocycles. The van der Waals surface area contributed by atoms with Crippen LogP contribution in [0.4, 0.5) is 0 Å². The first-order valence-corrected chi connectivity index (χ1v) is 11.5. The van der Waals surface area contributed by atoms with E-state index in [0.29, 0.717) is 4.90 Å². The zero-order valence-corrected chi connectivity index (χ0v) is 16.9. The van der Waals surface area contributed by atoms with Crippen molar-refractivity contribution in [3.05, 3.63) is 24.0 Å². The second kappa shape index (κ2) is 7.68. The molecule has 3 rings (SSSR count). The third kappa shape index (κ3) is 3.88. The van der Waals surface area contributed by atoms with Crippen molar-refractivity contribution in [3.63, 3.8) is 0 Å². The zero-order valence-electron chi connectivity index (χ0n) is 15.2. The van der Waals surface area contributed by atoms with Gasteiger partial charge in [-0.2, -0.15) is 11.8 Å². The number of fused-ring (bicyclic) bond motifs is 1. The molecule has 1 saturated carbocycles. The van der Waals surface area contributed by atoms with Gasteiger partial charge in [-0.3, -0.25) is 0 Å². The Morgan fingerprint density at radius 1 is 1.24 bits per heavy atom. The van der Waals surface area contributed by atoms with Crippen molar-refractivity contribution >= 4 is 32.8 Å². The Hall–Kier alpha value is -1.05. The van der Waals surface area contributed by atoms with Gasteiger partial charge in [0.15, 0.2) is 0 Å². The molecule has 0 saturated heterocycles. The van der Waals surface area contributed by atoms with Crippen LogP contribution in [0.5, 0.6) is 0 Å². The molecule has 1 fully saturated rings. The number of thioether (sulfide) groups is 1. The summed E-state index contributed by atoms with van der Waals surface area (Å²) in [5, 5.41) is 0.739. The summed E-state index contributed by atoms with van der Waals surface area (Å²) in [7, 11) is -0.325. The average molecular weight is 382 g/mol. The Bertz CT molecular complexity index is 837. The Morgan fingerprint density at radius 2 is 1.96 bits per heavy atom. The van der Waals surface area contributed by atoms with E-state index < -0.39 is 10.0 Å². The lowest BCUT2D eigenvalue weighted by Crippen LogP contribution is -2.22. The summed E-state index contributed by atoms with van der Waals surface area (Å²) in [6, 6.07) is 5.27. The normalized spacial score (nSPS) is 16.8. The second-order valence-corrected chi connectivity index (χ2v) is 10.2. The van der Waals surface area contributed by atoms with Gasteiger partial charge in [0.2, 0.25) is 10.0 Å². The summed E-state index contributed by atoms with van der Waals surface area (Å²) in [5.41, 5.74) is 1.78. The first kappa shape index (κ1) is 18.7. The monoisotopic (exact) mass is 381 g/mol. The number of benzene rings is 1. The molecule has 138 valence electrons. The van der Waals surface area contributed by atoms with Gasteiger partial charge in [-0.05, 0) is 38.0 Å². The molecule has 1 aromatic heterocycles. The van der Waals surface area contributed by atoms with Crippen molar-refractivity contribution < 1.29 is 8.42 Å². The van der Waals surface area contributed by atoms with Gasteiger partial charge in [0, 0.05) is 25.9 Å². The van der Waals surface area contributed by atoms with Crippen molar-refractivity contribution in [2.75, 3.05) is 14.1 Å². The average Bonchev–Trinajstić information content (AvgIpc) is 2.97. The van der Waals surface area contributed by atoms with Gasteiger partial charge >= 0.3 is 0 Å². The van der Waals surface area contributed by atoms with E-state index in [0.717, 1.165) is 34.4 Å². The fraction of sp³-hybridized carbons (Fsp3) is 0.611. The van der Waals surface area contributed by atoms with E-state index in [1.54, 1.807) is 26.2 Å². The quantitative estimate of drug-likeness (QED) is 0.762. The lowest BCUT2D eigenvalue weighted by molar-refractivity contribution is 0.515. The molecule has 1 aromatic carbocycles. The molecule has 0 spiro atoms. The number of sulfonamides is 1. The van der Waals surface area contributed by atoms with Crippen molar-refractivity contribution in [1.29, 1.82) is 0 Å². The van der Waals surface area contributed by atoms with Crippen LogP contribution in [0.2, 0.25) is 0 Å². The summed E-state index contributed by atoms with van der Waals surface area (Å²) in [6.07, 6.45) is 6.67. The van der Waals surface area contributed by atoms with E-state index in [9.17, 15) is 8.42 Å². The zero-order chi connectivity index (χ0) is 18.0. The van der Waals surface area contributed by atoms with Gasteiger partial charge in [0.25, 0.3) is 0 Å². The Kier molecular flexibility index (Phi) is 5.75. The molecule has 0 amide bonds. The Morgan fingerprint density at radius 3 is 2.60 bits per heavy atom. The summed E-state index contributed by atoms with van der Waals surface area (Å²) < 4.78 is 28.2. The molecule has 0 atom stereocenters. The number of aromatic nitrogens is 2. The smallest absolute Gasteiger partial charge is 0.242 e. The molecule has 0 radical (unpaired) electrons. The van der Waals surface area contributed by atoms with Crippen molar-refractivity contribution in [1.82, 2.24) is 13.9 Å². The highest BCUT2D eigenvalue weighted by atomic mass is 32.2. The van der Waals surface area contributed by atoms with Crippen LogP contribution in [0.15, 0.2) is 23.1 Å². The Balaban J connectivity index is 1.88. The maximum atomic E-state index is 12.4. The van der Waals surface area contributed by atoms with Gasteiger partial charge in [-0.15, -0.1) is 0 Å². The molecular weight excluding hydrogens is 354 g/mol. The third-order valence-electron chi connectivity index (χ3n) is 4.89. The van der Waals surface area contributed by atoms with Crippen molar-refractivity contribution in [3.8, 4) is 0 Å². The minimum atomic E-state index is -3.43. The van der Waals surface area contributed by atoms with Crippen LogP contribution < -0.4 is 0 Å². The SMILES string of the molecule is CCn1c(CSC2CCCCC2)nc2cc(S(=O)(=O)N(C)C)ccc21. The van der Waals surface area contributed by atoms with Gasteiger partial charge in [0.05, 0.1) is 21.7 Å². The van der Waals surface area contributed by atoms with E-state index in [4.69, 9.17) is 4.98 Å². The van der Waals surface area contributed by atoms with E-state index >= 15 is 0 Å². The number of hydrogen-bond acceptors (Lipinski definition) is 4. The topological polar surface area (TPSA) is 55.2 Å². The molecule has 1 aliphatic rings. The van der Waals surface area contributed by atoms with Crippen LogP contribution in [0.1, 0.15) is 44.9 Å². The fourth-order valence-electron chi connectivity index (χ4n) is 3.42. The van der Waals surface area contributed by atoms with Gasteiger partial charge < -0.3 is 4.57 Å². The molecule has 0 N–H and O–H groups in total. The summed E-state index contributed by atoms with van der Waals surface area (Å²) in [5.74, 6) is 1.94. The minimum Gasteiger partial charge on any atom is -0.328 e. The van der Waals surface area contributed by atoms with Crippen LogP contribution in [-0.4, -0.2) is 41.6 Å². The third-order valence-corrected chi connectivity index (χ3v) is 8.07. The first-order valence-electron chi connectivity index (χ1n) is 8.96. The number of nitrogens with zero attached hydrogens (tertiary/aromatic N) is 3. The largest absolute Gasteiger partial charge is 0.328 e. The number of rotatable bonds is 6. The maximum Gasteiger partial charge on any atom is 0.242 e. The molecule has 7 heteroatoms. The lowest BCUT2D eigenvalue weighted by atomic mass is 10.0. The number of imidazole rings is 1. The predicted octanol–water partition coefficient (Wildman–Crippen LogP) is 3.87. The molecule has 5 nitrogen and oxygen atoms in total. The second-order valence-electron chi connectivity index (χ2n) is 6.78. The molecule has 0 bridgehead atoms. The summed E-state index contributed by atoms with van der Waals surface area (Å²) >= 11 is 2.00. The summed E-state index contributed by atoms with van der Waals surface area (Å²) in [4.78, 5) is 5.06. The number of hydrogen-bond donors (Lipinski definition) is 0. The van der Waals surface area contributed by atoms with Gasteiger partial charge in [-0.1, -0.05) is 19.3 Å². The maximum absolute atomic E-state index is 12.4. The molecule has 2 aromatic rings. The molecular formula is C18H27N3O2S2. The highest BCUT2D eigenvalue weighted by Gasteiger charge is 2.20. The molecule has 1 heterocycles. The van der Waals surface area contributed by atoms with E-state index in [-0.39, 0.29) is 0 Å². The first-order chi connectivity index (χ1) is 11.9. The fourth-order valence-corrected chi connectivity index (χ4v) is 5.61. The van der Waals surface area contributed by atoms with Crippen molar-refractivity contribution in [2.24, 2.45) is 0 Å². The molecule has 0 unspecified atom stereocenters. The highest BCUT2D eigenvalue weighted by Crippen LogP contribution is 2.31. The van der Waals surface area contributed by atoms with Gasteiger partial charge in [0.1, 0.15) is 5.82 Å². The Labute approximate surface area is 154 Å². The van der Waals surface area contributed by atoms with Crippen molar-refractivity contribution in [2.45, 2.75) is 61.5 Å². The van der Waals surface area contributed by atoms with E-state index in [1.807, 2.05) is 17.8 Å². The lowest BCUT2D eigenvalue weighted by Gasteiger charge is -2.20. The van der Waals surface area contributed by atoms with E-state index in [1.165, 1.54) is 36.4 Å². The minimum absolute atomic E-state index is 0.303. The number of aryl methyl sites for hydroxylation is 1. The highest BCUT2D eigenvalue weighted by molar-refractivity contribution is 7.99. The van der Waals surface area contributed by atoms with Crippen LogP contribution in [0.3, 0.4) is 0 Å². The summed E-state index contributed by atoms with van der Waals surface area (Å²) in [6.45, 7) is 2.96. The van der Waals surface area contributed by atoms with Gasteiger partial charge in [-0.25, -0.2) is 17.7 Å². The molecule has 1 aliphatic carbocycles. The predicted molar refractivity (Wildman–Crippen MR) is 104 cm³/mol. The standard InChI is InChI=1S/C18H27N3O2S2/c1-4-21-17-11-10-15(25(22,23)20(2)3)12-16(17)19-18(21)13-24-14-8-6-5-7-9-14/h10-12,14H,4-9,13H2,1-3H3. The van der Waals surface area contributed by atoms with Crippen LogP contribution in [0.25, 0.3) is 11.0 Å². The van der Waals surface area contributed by atoms with E-state index in [2.05, 4.69) is 11.5 Å².